The molecule has 1 aliphatic heterocycles. The maximum Gasteiger partial charge on any atom is 0.267 e. The van der Waals surface area contributed by atoms with Gasteiger partial charge in [-0.05, 0) is 24.6 Å². The van der Waals surface area contributed by atoms with Gasteiger partial charge in [0.1, 0.15) is 10.8 Å². The molecule has 8 heteroatoms. The first-order valence-electron chi connectivity index (χ1n) is 8.68. The minimum atomic E-state index is -0.00848. The van der Waals surface area contributed by atoms with Crippen molar-refractivity contribution in [1.29, 1.82) is 0 Å². The molecule has 0 radical (unpaired) electrons. The maximum absolute atomic E-state index is 12.5. The van der Waals surface area contributed by atoms with Gasteiger partial charge in [-0.2, -0.15) is 0 Å². The Morgan fingerprint density at radius 2 is 2.19 bits per heavy atom. The molecule has 1 aliphatic rings. The number of carbonyl (C=O) groups excluding carboxylic acids is 1. The predicted molar refractivity (Wildman–Crippen MR) is 112 cm³/mol. The summed E-state index contributed by atoms with van der Waals surface area (Å²) in [5, 5.41) is 1.83. The van der Waals surface area contributed by atoms with Crippen LogP contribution >= 0.6 is 34.9 Å². The molecule has 0 aliphatic carbocycles. The molecule has 0 fully saturated rings. The Morgan fingerprint density at radius 3 is 3.00 bits per heavy atom. The summed E-state index contributed by atoms with van der Waals surface area (Å²) in [4.78, 5) is 34.9. The van der Waals surface area contributed by atoms with Crippen molar-refractivity contribution in [3.05, 3.63) is 44.8 Å². The van der Waals surface area contributed by atoms with Gasteiger partial charge >= 0.3 is 0 Å². The third-order valence-corrected chi connectivity index (χ3v) is 7.70. The van der Waals surface area contributed by atoms with Crippen molar-refractivity contribution in [2.24, 2.45) is 7.05 Å². The first kappa shape index (κ1) is 18.7. The number of fused-ring (bicyclic) bond motifs is 2. The molecule has 5 nitrogen and oxygen atoms in total. The number of thioether (sulfide) groups is 2. The fraction of sp³-hybridized carbons (Fsp3) is 0.368. The monoisotopic (exact) mass is 417 g/mol. The Hall–Kier alpha value is -1.64. The van der Waals surface area contributed by atoms with Gasteiger partial charge in [0, 0.05) is 18.7 Å². The van der Waals surface area contributed by atoms with Crippen LogP contribution in [0.25, 0.3) is 10.2 Å². The topological polar surface area (TPSA) is 64.8 Å². The molecule has 1 aromatic carbocycles. The second-order valence-corrected chi connectivity index (χ2v) is 10.3. The molecule has 3 heterocycles. The molecule has 3 aromatic rings. The van der Waals surface area contributed by atoms with E-state index in [-0.39, 0.29) is 17.1 Å². The van der Waals surface area contributed by atoms with Gasteiger partial charge < -0.3 is 0 Å². The quantitative estimate of drug-likeness (QED) is 0.466. The zero-order valence-electron chi connectivity index (χ0n) is 15.3. The predicted octanol–water partition coefficient (Wildman–Crippen LogP) is 3.64. The van der Waals surface area contributed by atoms with Crippen LogP contribution in [0.2, 0.25) is 0 Å². The van der Waals surface area contributed by atoms with Gasteiger partial charge in [0.15, 0.2) is 5.16 Å². The van der Waals surface area contributed by atoms with Gasteiger partial charge in [0.05, 0.1) is 33.0 Å². The number of hydrogen-bond acceptors (Lipinski definition) is 7. The van der Waals surface area contributed by atoms with Crippen LogP contribution in [0.1, 0.15) is 23.2 Å². The molecular formula is C19H19N3O2S3. The molecule has 2 aromatic heterocycles. The molecule has 4 rings (SSSR count). The Morgan fingerprint density at radius 1 is 1.37 bits per heavy atom. The van der Waals surface area contributed by atoms with Crippen molar-refractivity contribution in [3.8, 4) is 0 Å². The standard InChI is InChI=1S/C19H19N3O2S3/c1-10-4-5-13-15(6-10)27-16(20-13)8-12(23)9-25-19-21-14-7-11(2)26-17(14)18(24)22(19)3/h4-6,11H,7-9H2,1-3H3. The van der Waals surface area contributed by atoms with Gasteiger partial charge in [0.25, 0.3) is 5.56 Å². The Bertz CT molecular complexity index is 1100. The molecule has 0 N–H and O–H groups in total. The number of thiazole rings is 1. The summed E-state index contributed by atoms with van der Waals surface area (Å²) in [6.45, 7) is 4.15. The van der Waals surface area contributed by atoms with Crippen LogP contribution in [0.4, 0.5) is 0 Å². The van der Waals surface area contributed by atoms with Gasteiger partial charge in [-0.25, -0.2) is 9.97 Å². The summed E-state index contributed by atoms with van der Waals surface area (Å²) in [7, 11) is 1.72. The largest absolute Gasteiger partial charge is 0.298 e. The second kappa shape index (κ2) is 7.41. The maximum atomic E-state index is 12.5. The number of hydrogen-bond donors (Lipinski definition) is 0. The normalized spacial score (nSPS) is 16.0. The molecule has 1 unspecified atom stereocenters. The summed E-state index contributed by atoms with van der Waals surface area (Å²) in [5.41, 5.74) is 2.99. The lowest BCUT2D eigenvalue weighted by molar-refractivity contribution is -0.116. The van der Waals surface area contributed by atoms with Crippen molar-refractivity contribution in [3.63, 3.8) is 0 Å². The highest BCUT2D eigenvalue weighted by atomic mass is 32.2. The number of ketones is 1. The van der Waals surface area contributed by atoms with E-state index >= 15 is 0 Å². The summed E-state index contributed by atoms with van der Waals surface area (Å²) in [6, 6.07) is 6.12. The van der Waals surface area contributed by atoms with Crippen molar-refractivity contribution < 1.29 is 4.79 Å². The summed E-state index contributed by atoms with van der Waals surface area (Å²) >= 11 is 4.49. The van der Waals surface area contributed by atoms with Crippen molar-refractivity contribution in [1.82, 2.24) is 14.5 Å². The second-order valence-electron chi connectivity index (χ2n) is 6.75. The van der Waals surface area contributed by atoms with Crippen LogP contribution in [0.5, 0.6) is 0 Å². The summed E-state index contributed by atoms with van der Waals surface area (Å²) < 4.78 is 2.67. The summed E-state index contributed by atoms with van der Waals surface area (Å²) in [6.07, 6.45) is 1.12. The van der Waals surface area contributed by atoms with E-state index < -0.39 is 0 Å². The highest BCUT2D eigenvalue weighted by Gasteiger charge is 2.25. The van der Waals surface area contributed by atoms with E-state index in [1.807, 2.05) is 19.1 Å². The van der Waals surface area contributed by atoms with Crippen molar-refractivity contribution >= 4 is 50.9 Å². The van der Waals surface area contributed by atoms with Crippen LogP contribution in [0, 0.1) is 6.92 Å². The van der Waals surface area contributed by atoms with E-state index in [1.165, 1.54) is 17.3 Å². The highest BCUT2D eigenvalue weighted by molar-refractivity contribution is 8.00. The molecule has 140 valence electrons. The average molecular weight is 418 g/mol. The first-order chi connectivity index (χ1) is 12.9. The first-order valence-corrected chi connectivity index (χ1v) is 11.4. The van der Waals surface area contributed by atoms with Gasteiger partial charge in [-0.1, -0.05) is 24.8 Å². The lowest BCUT2D eigenvalue weighted by Gasteiger charge is -2.08. The third kappa shape index (κ3) is 3.83. The molecule has 1 atom stereocenters. The van der Waals surface area contributed by atoms with Gasteiger partial charge in [-0.15, -0.1) is 23.1 Å². The zero-order chi connectivity index (χ0) is 19.1. The van der Waals surface area contributed by atoms with Crippen LogP contribution < -0.4 is 5.56 Å². The number of carbonyl (C=O) groups is 1. The van der Waals surface area contributed by atoms with Gasteiger partial charge in [0.2, 0.25) is 0 Å². The number of aryl methyl sites for hydroxylation is 1. The Labute approximate surface area is 169 Å². The Balaban J connectivity index is 1.45. The van der Waals surface area contributed by atoms with E-state index in [1.54, 1.807) is 34.7 Å². The van der Waals surface area contributed by atoms with Crippen LogP contribution in [-0.2, 0) is 24.7 Å². The van der Waals surface area contributed by atoms with E-state index in [4.69, 9.17) is 0 Å². The number of nitrogens with zero attached hydrogens (tertiary/aromatic N) is 3. The number of aromatic nitrogens is 3. The SMILES string of the molecule is Cc1ccc2nc(CC(=O)CSc3nc4c(c(=O)n3C)SC(C)C4)sc2c1. The zero-order valence-corrected chi connectivity index (χ0v) is 17.8. The average Bonchev–Trinajstić information content (AvgIpc) is 3.18. The highest BCUT2D eigenvalue weighted by Crippen LogP contribution is 2.34. The minimum Gasteiger partial charge on any atom is -0.298 e. The lowest BCUT2D eigenvalue weighted by atomic mass is 10.2. The Kier molecular flexibility index (Phi) is 5.13. The number of benzene rings is 1. The lowest BCUT2D eigenvalue weighted by Crippen LogP contribution is -2.22. The van der Waals surface area contributed by atoms with E-state index in [0.717, 1.165) is 32.2 Å². The molecule has 27 heavy (non-hydrogen) atoms. The molecule has 0 spiro atoms. The van der Waals surface area contributed by atoms with Gasteiger partial charge in [-0.3, -0.25) is 14.2 Å². The molecular weight excluding hydrogens is 398 g/mol. The number of rotatable bonds is 5. The minimum absolute atomic E-state index is 0.00848. The van der Waals surface area contributed by atoms with E-state index in [2.05, 4.69) is 23.0 Å². The van der Waals surface area contributed by atoms with Crippen LogP contribution in [0.3, 0.4) is 0 Å². The van der Waals surface area contributed by atoms with E-state index in [0.29, 0.717) is 16.8 Å². The molecule has 0 bridgehead atoms. The molecule has 0 amide bonds. The van der Waals surface area contributed by atoms with Crippen molar-refractivity contribution in [2.45, 2.75) is 42.0 Å². The summed E-state index contributed by atoms with van der Waals surface area (Å²) in [5.74, 6) is 0.379. The third-order valence-electron chi connectivity index (χ3n) is 4.38. The van der Waals surface area contributed by atoms with E-state index in [9.17, 15) is 9.59 Å². The number of Topliss-reactive ketones (excluding diaryl/α,β-unsaturated/α-hetero) is 1. The fourth-order valence-electron chi connectivity index (χ4n) is 3.02. The smallest absolute Gasteiger partial charge is 0.267 e. The van der Waals surface area contributed by atoms with Crippen molar-refractivity contribution in [2.75, 3.05) is 5.75 Å². The fourth-order valence-corrected chi connectivity index (χ4v) is 6.11. The molecule has 0 saturated heterocycles. The molecule has 0 saturated carbocycles. The van der Waals surface area contributed by atoms with Crippen LogP contribution in [0.15, 0.2) is 33.0 Å². The van der Waals surface area contributed by atoms with Crippen LogP contribution in [-0.4, -0.2) is 31.3 Å².